The second kappa shape index (κ2) is 4.96. The van der Waals surface area contributed by atoms with E-state index in [0.717, 1.165) is 4.57 Å². The third-order valence-electron chi connectivity index (χ3n) is 3.29. The molecule has 0 aromatic carbocycles. The van der Waals surface area contributed by atoms with Gasteiger partial charge in [0.05, 0.1) is 16.6 Å². The number of aromatic amines is 1. The summed E-state index contributed by atoms with van der Waals surface area (Å²) in [5.74, 6) is -0.484. The number of aliphatic hydroxyl groups is 3. The van der Waals surface area contributed by atoms with Crippen molar-refractivity contribution in [1.29, 1.82) is 0 Å². The number of rotatable bonds is 2. The van der Waals surface area contributed by atoms with E-state index < -0.39 is 35.4 Å². The summed E-state index contributed by atoms with van der Waals surface area (Å²) in [4.78, 5) is 25.0. The smallest absolute Gasteiger partial charge is 0.328 e. The topological polar surface area (TPSA) is 116 Å². The maximum Gasteiger partial charge on any atom is 0.328 e. The molecule has 1 aliphatic carbocycles. The van der Waals surface area contributed by atoms with E-state index in [2.05, 4.69) is 20.9 Å². The van der Waals surface area contributed by atoms with Gasteiger partial charge in [0, 0.05) is 18.7 Å². The fourth-order valence-electron chi connectivity index (χ4n) is 2.26. The Morgan fingerprint density at radius 3 is 2.61 bits per heavy atom. The van der Waals surface area contributed by atoms with Gasteiger partial charge in [-0.05, 0) is 22.4 Å². The average Bonchev–Trinajstić information content (AvgIpc) is 2.61. The van der Waals surface area contributed by atoms with Crippen LogP contribution >= 0.6 is 15.9 Å². The summed E-state index contributed by atoms with van der Waals surface area (Å²) in [6.07, 6.45) is -0.700. The summed E-state index contributed by atoms with van der Waals surface area (Å²) in [6.45, 7) is -0.270. The van der Waals surface area contributed by atoms with Crippen LogP contribution in [0.5, 0.6) is 0 Å². The summed E-state index contributed by atoms with van der Waals surface area (Å²) >= 11 is 3.00. The lowest BCUT2D eigenvalue weighted by atomic mass is 10.1. The Balaban J connectivity index is 2.42. The molecule has 0 saturated heterocycles. The zero-order valence-electron chi connectivity index (χ0n) is 9.28. The maximum atomic E-state index is 11.7. The van der Waals surface area contributed by atoms with E-state index in [1.807, 2.05) is 0 Å². The highest BCUT2D eigenvalue weighted by Crippen LogP contribution is 2.34. The highest BCUT2D eigenvalue weighted by Gasteiger charge is 2.42. The fourth-order valence-corrected chi connectivity index (χ4v) is 2.58. The van der Waals surface area contributed by atoms with Gasteiger partial charge in [-0.25, -0.2) is 4.79 Å². The number of aliphatic hydroxyl groups excluding tert-OH is 3. The number of nitrogens with one attached hydrogen (secondary N) is 1. The van der Waals surface area contributed by atoms with Crippen LogP contribution in [-0.2, 0) is 0 Å². The van der Waals surface area contributed by atoms with Gasteiger partial charge < -0.3 is 15.3 Å². The summed E-state index contributed by atoms with van der Waals surface area (Å²) in [7, 11) is 0. The number of H-pyrrole nitrogens is 1. The summed E-state index contributed by atoms with van der Waals surface area (Å²) < 4.78 is 1.32. The van der Waals surface area contributed by atoms with Crippen molar-refractivity contribution in [3.63, 3.8) is 0 Å². The highest BCUT2D eigenvalue weighted by atomic mass is 79.9. The van der Waals surface area contributed by atoms with Crippen molar-refractivity contribution >= 4 is 15.9 Å². The first-order chi connectivity index (χ1) is 8.45. The quantitative estimate of drug-likeness (QED) is 0.533. The fraction of sp³-hybridized carbons (Fsp3) is 0.600. The van der Waals surface area contributed by atoms with Gasteiger partial charge in [-0.3, -0.25) is 14.3 Å². The third-order valence-corrected chi connectivity index (χ3v) is 3.85. The average molecular weight is 321 g/mol. The molecule has 4 atom stereocenters. The predicted octanol–water partition coefficient (Wildman–Crippen LogP) is -1.43. The second-order valence-corrected chi connectivity index (χ2v) is 5.22. The molecule has 0 radical (unpaired) electrons. The van der Waals surface area contributed by atoms with Crippen molar-refractivity contribution in [1.82, 2.24) is 9.55 Å². The molecule has 1 aromatic heterocycles. The van der Waals surface area contributed by atoms with E-state index >= 15 is 0 Å². The molecule has 0 spiro atoms. The Morgan fingerprint density at radius 1 is 1.39 bits per heavy atom. The van der Waals surface area contributed by atoms with E-state index in [9.17, 15) is 19.8 Å². The largest absolute Gasteiger partial charge is 0.396 e. The minimum Gasteiger partial charge on any atom is -0.396 e. The molecule has 4 N–H and O–H groups in total. The lowest BCUT2D eigenvalue weighted by molar-refractivity contribution is -0.00458. The van der Waals surface area contributed by atoms with Gasteiger partial charge in [0.15, 0.2) is 0 Å². The third kappa shape index (κ3) is 2.16. The summed E-state index contributed by atoms with van der Waals surface area (Å²) in [5.41, 5.74) is -1.21. The van der Waals surface area contributed by atoms with Crippen molar-refractivity contribution in [2.24, 2.45) is 5.92 Å². The standard InChI is InChI=1S/C10H13BrN2O5/c11-5-2-13(10(18)12-9(5)17)6-1-4(3-14)7(15)8(6)16/h2,4,6-8,14-16H,1,3H2,(H,12,17,18). The first-order valence-electron chi connectivity index (χ1n) is 5.43. The van der Waals surface area contributed by atoms with Crippen LogP contribution in [0, 0.1) is 5.92 Å². The Morgan fingerprint density at radius 2 is 2.06 bits per heavy atom. The SMILES string of the molecule is O=c1[nH]c(=O)n(C2CC(CO)C(O)C2O)cc1Br. The highest BCUT2D eigenvalue weighted by molar-refractivity contribution is 9.10. The first kappa shape index (κ1) is 13.5. The number of aromatic nitrogens is 2. The lowest BCUT2D eigenvalue weighted by Gasteiger charge is -2.18. The Bertz CT molecular complexity index is 554. The number of halogens is 1. The van der Waals surface area contributed by atoms with Crippen LogP contribution in [0.25, 0.3) is 0 Å². The van der Waals surface area contributed by atoms with Crippen LogP contribution in [0.2, 0.25) is 0 Å². The molecule has 8 heteroatoms. The molecule has 4 unspecified atom stereocenters. The normalized spacial score (nSPS) is 31.8. The molecule has 1 aliphatic rings. The van der Waals surface area contributed by atoms with Gasteiger partial charge in [0.1, 0.15) is 6.10 Å². The Hall–Kier alpha value is -0.960. The minimum absolute atomic E-state index is 0.163. The van der Waals surface area contributed by atoms with Crippen LogP contribution in [0.4, 0.5) is 0 Å². The van der Waals surface area contributed by atoms with E-state index in [1.165, 1.54) is 6.20 Å². The molecule has 2 rings (SSSR count). The molecule has 0 amide bonds. The molecule has 100 valence electrons. The van der Waals surface area contributed by atoms with Crippen molar-refractivity contribution in [3.05, 3.63) is 31.5 Å². The van der Waals surface area contributed by atoms with Gasteiger partial charge in [-0.1, -0.05) is 0 Å². The van der Waals surface area contributed by atoms with Crippen LogP contribution in [-0.4, -0.2) is 43.7 Å². The van der Waals surface area contributed by atoms with Gasteiger partial charge in [-0.15, -0.1) is 0 Å². The zero-order chi connectivity index (χ0) is 13.4. The Kier molecular flexibility index (Phi) is 3.71. The Labute approximate surface area is 110 Å². The van der Waals surface area contributed by atoms with Crippen LogP contribution in [0.1, 0.15) is 12.5 Å². The van der Waals surface area contributed by atoms with Crippen molar-refractivity contribution in [2.45, 2.75) is 24.7 Å². The lowest BCUT2D eigenvalue weighted by Crippen LogP contribution is -2.37. The van der Waals surface area contributed by atoms with Gasteiger partial charge in [0.2, 0.25) is 0 Å². The minimum atomic E-state index is -1.15. The van der Waals surface area contributed by atoms with Crippen LogP contribution < -0.4 is 11.2 Å². The van der Waals surface area contributed by atoms with Crippen LogP contribution in [0.15, 0.2) is 20.3 Å². The molecule has 0 aliphatic heterocycles. The maximum absolute atomic E-state index is 11.7. The predicted molar refractivity (Wildman–Crippen MR) is 65.3 cm³/mol. The first-order valence-corrected chi connectivity index (χ1v) is 6.23. The van der Waals surface area contributed by atoms with Crippen molar-refractivity contribution in [3.8, 4) is 0 Å². The van der Waals surface area contributed by atoms with E-state index in [0.29, 0.717) is 0 Å². The second-order valence-electron chi connectivity index (χ2n) is 4.37. The number of nitrogens with zero attached hydrogens (tertiary/aromatic N) is 1. The number of hydrogen-bond acceptors (Lipinski definition) is 5. The zero-order valence-corrected chi connectivity index (χ0v) is 10.9. The van der Waals surface area contributed by atoms with Gasteiger partial charge in [-0.2, -0.15) is 0 Å². The van der Waals surface area contributed by atoms with E-state index in [4.69, 9.17) is 5.11 Å². The molecule has 1 fully saturated rings. The molecule has 0 bridgehead atoms. The number of hydrogen-bond donors (Lipinski definition) is 4. The van der Waals surface area contributed by atoms with Gasteiger partial charge in [0.25, 0.3) is 5.56 Å². The molecular formula is C10H13BrN2O5. The molecule has 7 nitrogen and oxygen atoms in total. The molecule has 1 saturated carbocycles. The summed E-state index contributed by atoms with van der Waals surface area (Å²) in [5, 5.41) is 28.6. The molecule has 18 heavy (non-hydrogen) atoms. The monoisotopic (exact) mass is 320 g/mol. The molecule has 1 aromatic rings. The van der Waals surface area contributed by atoms with Crippen molar-refractivity contribution < 1.29 is 15.3 Å². The summed E-state index contributed by atoms with van der Waals surface area (Å²) in [6, 6.07) is -0.669. The molecular weight excluding hydrogens is 308 g/mol. The molecule has 1 heterocycles. The van der Waals surface area contributed by atoms with E-state index in [1.54, 1.807) is 0 Å². The van der Waals surface area contributed by atoms with Crippen LogP contribution in [0.3, 0.4) is 0 Å². The van der Waals surface area contributed by atoms with Crippen molar-refractivity contribution in [2.75, 3.05) is 6.61 Å². The van der Waals surface area contributed by atoms with Gasteiger partial charge >= 0.3 is 5.69 Å². The van der Waals surface area contributed by atoms with E-state index in [-0.39, 0.29) is 17.5 Å².